The predicted molar refractivity (Wildman–Crippen MR) is 74.4 cm³/mol. The first-order valence-electron chi connectivity index (χ1n) is 5.85. The van der Waals surface area contributed by atoms with Crippen molar-refractivity contribution >= 4 is 17.3 Å². The first-order chi connectivity index (χ1) is 8.65. The third-order valence-electron chi connectivity index (χ3n) is 2.76. The first-order valence-corrected chi connectivity index (χ1v) is 6.23. The second-order valence-corrected chi connectivity index (χ2v) is 4.77. The zero-order valence-corrected chi connectivity index (χ0v) is 11.1. The highest BCUT2D eigenvalue weighted by atomic mass is 35.5. The van der Waals surface area contributed by atoms with E-state index >= 15 is 0 Å². The van der Waals surface area contributed by atoms with Crippen LogP contribution in [0.4, 0.5) is 5.69 Å². The van der Waals surface area contributed by atoms with Crippen molar-refractivity contribution in [2.24, 2.45) is 0 Å². The van der Waals surface area contributed by atoms with Crippen molar-refractivity contribution in [3.63, 3.8) is 0 Å². The number of hydrogen-bond donors (Lipinski definition) is 1. The number of aromatic nitrogens is 2. The first kappa shape index (κ1) is 12.9. The highest BCUT2D eigenvalue weighted by Crippen LogP contribution is 2.16. The molecule has 0 aliphatic carbocycles. The van der Waals surface area contributed by atoms with Gasteiger partial charge in [0.05, 0.1) is 18.4 Å². The molecule has 0 saturated carbocycles. The van der Waals surface area contributed by atoms with Crippen LogP contribution >= 0.6 is 11.6 Å². The fourth-order valence-electron chi connectivity index (χ4n) is 1.77. The summed E-state index contributed by atoms with van der Waals surface area (Å²) in [7, 11) is 2.07. The van der Waals surface area contributed by atoms with Gasteiger partial charge >= 0.3 is 0 Å². The van der Waals surface area contributed by atoms with Gasteiger partial charge in [0.25, 0.3) is 0 Å². The van der Waals surface area contributed by atoms with Crippen LogP contribution in [0.25, 0.3) is 0 Å². The quantitative estimate of drug-likeness (QED) is 0.901. The molecule has 0 unspecified atom stereocenters. The van der Waals surface area contributed by atoms with Crippen LogP contribution in [-0.2, 0) is 13.1 Å². The van der Waals surface area contributed by atoms with Crippen LogP contribution in [0.2, 0.25) is 5.02 Å². The molecule has 0 radical (unpaired) electrons. The topological polar surface area (TPSA) is 47.1 Å². The number of nitrogens with two attached hydrogens (primary N) is 1. The molecule has 1 aromatic carbocycles. The minimum absolute atomic E-state index is 0.698. The lowest BCUT2D eigenvalue weighted by atomic mass is 10.2. The number of nitrogen functional groups attached to an aromatic ring is 1. The predicted octanol–water partition coefficient (Wildman–Crippen LogP) is 2.25. The Hall–Kier alpha value is -1.52. The van der Waals surface area contributed by atoms with Crippen molar-refractivity contribution < 1.29 is 0 Å². The Bertz CT molecular complexity index is 509. The van der Waals surface area contributed by atoms with Crippen molar-refractivity contribution in [3.05, 3.63) is 47.2 Å². The molecule has 0 atom stereocenters. The van der Waals surface area contributed by atoms with Gasteiger partial charge in [-0.2, -0.15) is 5.10 Å². The molecule has 0 amide bonds. The number of likely N-dealkylation sites (N-methyl/N-ethyl adjacent to an activating group) is 1. The van der Waals surface area contributed by atoms with E-state index < -0.39 is 0 Å². The van der Waals surface area contributed by atoms with Crippen LogP contribution in [0.1, 0.15) is 5.56 Å². The lowest BCUT2D eigenvalue weighted by molar-refractivity contribution is 0.305. The van der Waals surface area contributed by atoms with Crippen LogP contribution in [0, 0.1) is 0 Å². The van der Waals surface area contributed by atoms with E-state index in [0.29, 0.717) is 5.69 Å². The van der Waals surface area contributed by atoms with Gasteiger partial charge in [0.2, 0.25) is 0 Å². The zero-order valence-electron chi connectivity index (χ0n) is 10.4. The maximum Gasteiger partial charge on any atom is 0.0719 e. The van der Waals surface area contributed by atoms with Gasteiger partial charge in [0.15, 0.2) is 0 Å². The average Bonchev–Trinajstić information content (AvgIpc) is 2.76. The number of nitrogens with zero attached hydrogens (tertiary/aromatic N) is 3. The molecule has 0 aliphatic heterocycles. The van der Waals surface area contributed by atoms with Crippen molar-refractivity contribution in [1.29, 1.82) is 0 Å². The van der Waals surface area contributed by atoms with Crippen molar-refractivity contribution in [2.45, 2.75) is 13.1 Å². The summed E-state index contributed by atoms with van der Waals surface area (Å²) in [5.74, 6) is 0. The molecule has 0 saturated heterocycles. The van der Waals surface area contributed by atoms with Gasteiger partial charge in [-0.3, -0.25) is 4.68 Å². The molecular formula is C13H17ClN4. The maximum atomic E-state index is 6.13. The van der Waals surface area contributed by atoms with Gasteiger partial charge < -0.3 is 10.6 Å². The summed E-state index contributed by atoms with van der Waals surface area (Å²) in [4.78, 5) is 2.21. The molecule has 5 heteroatoms. The Morgan fingerprint density at radius 1 is 1.39 bits per heavy atom. The molecule has 0 spiro atoms. The summed E-state index contributed by atoms with van der Waals surface area (Å²) in [5, 5.41) is 4.96. The summed E-state index contributed by atoms with van der Waals surface area (Å²) in [6, 6.07) is 7.91. The highest BCUT2D eigenvalue weighted by molar-refractivity contribution is 6.31. The molecule has 1 aromatic heterocycles. The van der Waals surface area contributed by atoms with E-state index in [2.05, 4.69) is 17.0 Å². The van der Waals surface area contributed by atoms with E-state index in [1.807, 2.05) is 35.1 Å². The van der Waals surface area contributed by atoms with Gasteiger partial charge in [-0.25, -0.2) is 0 Å². The highest BCUT2D eigenvalue weighted by Gasteiger charge is 2.04. The fourth-order valence-corrected chi connectivity index (χ4v) is 1.97. The number of rotatable bonds is 5. The number of halogens is 1. The molecule has 4 nitrogen and oxygen atoms in total. The smallest absolute Gasteiger partial charge is 0.0719 e. The van der Waals surface area contributed by atoms with Gasteiger partial charge in [-0.05, 0) is 18.7 Å². The van der Waals surface area contributed by atoms with Crippen LogP contribution in [0.3, 0.4) is 0 Å². The minimum atomic E-state index is 0.698. The third-order valence-corrected chi connectivity index (χ3v) is 3.13. The largest absolute Gasteiger partial charge is 0.396 e. The Labute approximate surface area is 112 Å². The molecular weight excluding hydrogens is 248 g/mol. The molecule has 96 valence electrons. The second-order valence-electron chi connectivity index (χ2n) is 4.37. The zero-order chi connectivity index (χ0) is 13.0. The molecule has 0 aliphatic rings. The average molecular weight is 265 g/mol. The van der Waals surface area contributed by atoms with E-state index in [9.17, 15) is 0 Å². The Morgan fingerprint density at radius 2 is 2.17 bits per heavy atom. The van der Waals surface area contributed by atoms with E-state index in [-0.39, 0.29) is 0 Å². The number of benzene rings is 1. The molecule has 2 aromatic rings. The van der Waals surface area contributed by atoms with Crippen molar-refractivity contribution in [1.82, 2.24) is 14.7 Å². The van der Waals surface area contributed by atoms with Crippen LogP contribution in [-0.4, -0.2) is 28.3 Å². The van der Waals surface area contributed by atoms with Gasteiger partial charge in [-0.15, -0.1) is 0 Å². The van der Waals surface area contributed by atoms with Crippen LogP contribution in [0.15, 0.2) is 36.7 Å². The second kappa shape index (κ2) is 5.89. The lowest BCUT2D eigenvalue weighted by Gasteiger charge is -2.17. The standard InChI is InChI=1S/C13H17ClN4/c1-17(6-7-18-10-12(15)8-16-18)9-11-4-2-3-5-13(11)14/h2-5,8,10H,6-7,9,15H2,1H3. The van der Waals surface area contributed by atoms with E-state index in [1.165, 1.54) is 0 Å². The summed E-state index contributed by atoms with van der Waals surface area (Å²) in [6.45, 7) is 2.54. The van der Waals surface area contributed by atoms with Gasteiger partial charge in [-0.1, -0.05) is 29.8 Å². The van der Waals surface area contributed by atoms with Gasteiger partial charge in [0.1, 0.15) is 0 Å². The molecule has 1 heterocycles. The van der Waals surface area contributed by atoms with Crippen LogP contribution in [0.5, 0.6) is 0 Å². The summed E-state index contributed by atoms with van der Waals surface area (Å²) in [5.41, 5.74) is 7.45. The number of anilines is 1. The van der Waals surface area contributed by atoms with E-state index in [4.69, 9.17) is 17.3 Å². The minimum Gasteiger partial charge on any atom is -0.396 e. The lowest BCUT2D eigenvalue weighted by Crippen LogP contribution is -2.23. The summed E-state index contributed by atoms with van der Waals surface area (Å²) in [6.07, 6.45) is 3.50. The maximum absolute atomic E-state index is 6.13. The SMILES string of the molecule is CN(CCn1cc(N)cn1)Cc1ccccc1Cl. The summed E-state index contributed by atoms with van der Waals surface area (Å²) >= 11 is 6.13. The van der Waals surface area contributed by atoms with Crippen molar-refractivity contribution in [2.75, 3.05) is 19.3 Å². The Kier molecular flexibility index (Phi) is 4.23. The van der Waals surface area contributed by atoms with E-state index in [1.54, 1.807) is 6.20 Å². The molecule has 18 heavy (non-hydrogen) atoms. The molecule has 2 N–H and O–H groups in total. The monoisotopic (exact) mass is 264 g/mol. The Morgan fingerprint density at radius 3 is 2.83 bits per heavy atom. The number of hydrogen-bond acceptors (Lipinski definition) is 3. The Balaban J connectivity index is 1.85. The third kappa shape index (κ3) is 3.48. The normalized spacial score (nSPS) is 11.1. The molecule has 0 bridgehead atoms. The molecule has 2 rings (SSSR count). The fraction of sp³-hybridized carbons (Fsp3) is 0.308. The summed E-state index contributed by atoms with van der Waals surface area (Å²) < 4.78 is 1.85. The molecule has 0 fully saturated rings. The van der Waals surface area contributed by atoms with E-state index in [0.717, 1.165) is 30.2 Å². The van der Waals surface area contributed by atoms with Crippen molar-refractivity contribution in [3.8, 4) is 0 Å². The van der Waals surface area contributed by atoms with Gasteiger partial charge in [0, 0.05) is 24.3 Å². The van der Waals surface area contributed by atoms with Crippen LogP contribution < -0.4 is 5.73 Å².